The fraction of sp³-hybridized carbons (Fsp3) is 0.583. The quantitative estimate of drug-likeness (QED) is 0.605. The van der Waals surface area contributed by atoms with Gasteiger partial charge in [0.2, 0.25) is 0 Å². The van der Waals surface area contributed by atoms with Crippen molar-refractivity contribution in [3.05, 3.63) is 4.88 Å². The van der Waals surface area contributed by atoms with Gasteiger partial charge in [0.25, 0.3) is 0 Å². The van der Waals surface area contributed by atoms with Crippen LogP contribution in [0.25, 0.3) is 0 Å². The van der Waals surface area contributed by atoms with Gasteiger partial charge in [-0.3, -0.25) is 0 Å². The predicted octanol–water partition coefficient (Wildman–Crippen LogP) is 3.98. The maximum atomic E-state index is 12.4. The fourth-order valence-electron chi connectivity index (χ4n) is 1.70. The molecule has 0 aliphatic heterocycles. The highest BCUT2D eigenvalue weighted by molar-refractivity contribution is 7.99. The number of nitrogen functional groups attached to an aromatic ring is 1. The van der Waals surface area contributed by atoms with Crippen molar-refractivity contribution >= 4 is 39.8 Å². The Morgan fingerprint density at radius 1 is 1.52 bits per heavy atom. The Balaban J connectivity index is 2.97. The van der Waals surface area contributed by atoms with Crippen molar-refractivity contribution in [1.82, 2.24) is 0 Å². The first kappa shape index (κ1) is 18.0. The molecular weight excluding hydrogens is 325 g/mol. The molecule has 21 heavy (non-hydrogen) atoms. The van der Waals surface area contributed by atoms with Gasteiger partial charge < -0.3 is 15.8 Å². The number of anilines is 2. The molecule has 1 rings (SSSR count). The van der Waals surface area contributed by atoms with Crippen LogP contribution in [-0.4, -0.2) is 31.1 Å². The summed E-state index contributed by atoms with van der Waals surface area (Å²) >= 11 is 2.29. The van der Waals surface area contributed by atoms with Gasteiger partial charge in [0.15, 0.2) is 0 Å². The highest BCUT2D eigenvalue weighted by atomic mass is 32.2. The van der Waals surface area contributed by atoms with Crippen LogP contribution in [-0.2, 0) is 4.74 Å². The Labute approximate surface area is 129 Å². The summed E-state index contributed by atoms with van der Waals surface area (Å²) in [6, 6.07) is -0.816. The number of rotatable bonds is 6. The number of esters is 1. The van der Waals surface area contributed by atoms with Gasteiger partial charge in [-0.15, -0.1) is 23.1 Å². The first-order valence-electron chi connectivity index (χ1n) is 6.16. The highest BCUT2D eigenvalue weighted by Gasteiger charge is 2.31. The van der Waals surface area contributed by atoms with E-state index in [1.165, 1.54) is 18.7 Å². The number of alkyl halides is 3. The summed E-state index contributed by atoms with van der Waals surface area (Å²) in [5.41, 5.74) is 6.12. The molecule has 0 bridgehead atoms. The van der Waals surface area contributed by atoms with Crippen molar-refractivity contribution in [2.24, 2.45) is 0 Å². The number of halogens is 3. The van der Waals surface area contributed by atoms with E-state index in [0.717, 1.165) is 11.3 Å². The minimum atomic E-state index is -4.25. The van der Waals surface area contributed by atoms with E-state index in [2.05, 4.69) is 5.32 Å². The van der Waals surface area contributed by atoms with E-state index in [-0.39, 0.29) is 17.2 Å². The second-order valence-electron chi connectivity index (χ2n) is 4.29. The van der Waals surface area contributed by atoms with Gasteiger partial charge in [0.1, 0.15) is 9.88 Å². The molecule has 0 spiro atoms. The van der Waals surface area contributed by atoms with Crippen molar-refractivity contribution in [2.45, 2.75) is 37.4 Å². The van der Waals surface area contributed by atoms with Gasteiger partial charge in [-0.1, -0.05) is 0 Å². The summed E-state index contributed by atoms with van der Waals surface area (Å²) in [6.45, 7) is 3.30. The number of nitrogens with two attached hydrogens (primary N) is 1. The smallest absolute Gasteiger partial charge is 0.391 e. The largest absolute Gasteiger partial charge is 0.462 e. The van der Waals surface area contributed by atoms with Crippen LogP contribution in [0.4, 0.5) is 23.9 Å². The first-order chi connectivity index (χ1) is 9.69. The molecule has 9 heteroatoms. The zero-order chi connectivity index (χ0) is 16.2. The molecule has 0 saturated carbocycles. The van der Waals surface area contributed by atoms with Crippen LogP contribution in [0.15, 0.2) is 4.90 Å². The number of thiophene rings is 1. The van der Waals surface area contributed by atoms with Crippen molar-refractivity contribution < 1.29 is 22.7 Å². The Morgan fingerprint density at radius 2 is 2.14 bits per heavy atom. The third-order valence-electron chi connectivity index (χ3n) is 2.48. The topological polar surface area (TPSA) is 64.3 Å². The van der Waals surface area contributed by atoms with Crippen molar-refractivity contribution in [3.63, 3.8) is 0 Å². The van der Waals surface area contributed by atoms with Crippen LogP contribution in [0.2, 0.25) is 0 Å². The number of carbonyl (C=O) groups is 1. The summed E-state index contributed by atoms with van der Waals surface area (Å²) in [5, 5.41) is 3.22. The molecule has 1 aromatic rings. The van der Waals surface area contributed by atoms with E-state index in [0.29, 0.717) is 9.90 Å². The van der Waals surface area contributed by atoms with E-state index in [9.17, 15) is 18.0 Å². The summed E-state index contributed by atoms with van der Waals surface area (Å²) in [4.78, 5) is 12.5. The van der Waals surface area contributed by atoms with Gasteiger partial charge in [-0.05, 0) is 20.1 Å². The van der Waals surface area contributed by atoms with Crippen LogP contribution in [0.5, 0.6) is 0 Å². The zero-order valence-electron chi connectivity index (χ0n) is 11.8. The molecule has 3 N–H and O–H groups in total. The van der Waals surface area contributed by atoms with E-state index in [1.54, 1.807) is 13.2 Å². The summed E-state index contributed by atoms with van der Waals surface area (Å²) in [7, 11) is 0. The van der Waals surface area contributed by atoms with Crippen molar-refractivity contribution in [1.29, 1.82) is 0 Å². The van der Waals surface area contributed by atoms with Crippen molar-refractivity contribution in [2.75, 3.05) is 23.9 Å². The molecule has 0 aromatic carbocycles. The third-order valence-corrected chi connectivity index (χ3v) is 4.56. The number of hydrogen-bond acceptors (Lipinski definition) is 6. The molecule has 1 atom stereocenters. The molecule has 0 radical (unpaired) electrons. The molecule has 1 unspecified atom stereocenters. The molecule has 0 amide bonds. The molecule has 0 saturated heterocycles. The normalized spacial score (nSPS) is 13.0. The zero-order valence-corrected chi connectivity index (χ0v) is 13.5. The Hall–Kier alpha value is -1.09. The third kappa shape index (κ3) is 4.99. The fourth-order valence-corrected chi connectivity index (χ4v) is 3.72. The molecule has 1 heterocycles. The summed E-state index contributed by atoms with van der Waals surface area (Å²) in [6.07, 6.45) is -3.47. The maximum absolute atomic E-state index is 12.4. The average molecular weight is 342 g/mol. The van der Waals surface area contributed by atoms with Crippen LogP contribution in [0.1, 0.15) is 29.9 Å². The Kier molecular flexibility index (Phi) is 6.21. The lowest BCUT2D eigenvalue weighted by Crippen LogP contribution is -2.23. The number of nitrogens with one attached hydrogen (secondary N) is 1. The molecule has 0 aliphatic carbocycles. The Bertz CT molecular complexity index is 503. The lowest BCUT2D eigenvalue weighted by atomic mass is 10.2. The van der Waals surface area contributed by atoms with E-state index in [4.69, 9.17) is 10.5 Å². The lowest BCUT2D eigenvalue weighted by molar-refractivity contribution is -0.136. The molecule has 1 aromatic heterocycles. The average Bonchev–Trinajstić information content (AvgIpc) is 2.63. The number of thioether (sulfide) groups is 1. The first-order valence-corrected chi connectivity index (χ1v) is 8.20. The van der Waals surface area contributed by atoms with Gasteiger partial charge in [0, 0.05) is 6.04 Å². The molecule has 0 aliphatic rings. The number of ether oxygens (including phenoxy) is 1. The van der Waals surface area contributed by atoms with E-state index >= 15 is 0 Å². The van der Waals surface area contributed by atoms with Gasteiger partial charge in [-0.2, -0.15) is 13.2 Å². The van der Waals surface area contributed by atoms with Crippen LogP contribution in [0, 0.1) is 0 Å². The van der Waals surface area contributed by atoms with Gasteiger partial charge >= 0.3 is 12.1 Å². The molecule has 4 nitrogen and oxygen atoms in total. The minimum absolute atomic E-state index is 0.206. The van der Waals surface area contributed by atoms with Crippen LogP contribution in [0.3, 0.4) is 0 Å². The van der Waals surface area contributed by atoms with Crippen LogP contribution < -0.4 is 11.1 Å². The van der Waals surface area contributed by atoms with Crippen LogP contribution >= 0.6 is 23.1 Å². The van der Waals surface area contributed by atoms with E-state index < -0.39 is 24.6 Å². The molecule has 0 fully saturated rings. The predicted molar refractivity (Wildman–Crippen MR) is 80.2 cm³/mol. The number of hydrogen-bond donors (Lipinski definition) is 2. The minimum Gasteiger partial charge on any atom is -0.462 e. The van der Waals surface area contributed by atoms with Crippen molar-refractivity contribution in [3.8, 4) is 0 Å². The molecular formula is C12H17F3N2O2S2. The van der Waals surface area contributed by atoms with Gasteiger partial charge in [0.05, 0.1) is 23.6 Å². The SMILES string of the molecule is CCOC(=O)c1sc(NC(C)CC(F)(F)F)c(SC)c1N. The summed E-state index contributed by atoms with van der Waals surface area (Å²) in [5.74, 6) is -0.563. The van der Waals surface area contributed by atoms with Gasteiger partial charge in [-0.25, -0.2) is 4.79 Å². The second kappa shape index (κ2) is 7.26. The second-order valence-corrected chi connectivity index (χ2v) is 6.13. The monoisotopic (exact) mass is 342 g/mol. The highest BCUT2D eigenvalue weighted by Crippen LogP contribution is 2.42. The molecule has 120 valence electrons. The van der Waals surface area contributed by atoms with E-state index in [1.807, 2.05) is 0 Å². The Morgan fingerprint density at radius 3 is 2.62 bits per heavy atom. The maximum Gasteiger partial charge on any atom is 0.391 e. The lowest BCUT2D eigenvalue weighted by Gasteiger charge is -2.16. The standard InChI is InChI=1S/C12H17F3N2O2S2/c1-4-19-11(18)9-7(16)8(20-3)10(21-9)17-6(2)5-12(13,14)15/h6,17H,4-5,16H2,1-3H3. The summed E-state index contributed by atoms with van der Waals surface area (Å²) < 4.78 is 42.0. The number of carbonyl (C=O) groups excluding carboxylic acids is 1.